The molecule has 4 atom stereocenters. The number of carbonyl (C=O) groups is 1. The van der Waals surface area contributed by atoms with Crippen molar-refractivity contribution in [3.63, 3.8) is 0 Å². The number of nitrogens with zero attached hydrogens (tertiary/aromatic N) is 2. The number of carbonyl (C=O) groups excluding carboxylic acids is 1. The smallest absolute Gasteiger partial charge is 0.221 e. The monoisotopic (exact) mass is 280 g/mol. The van der Waals surface area contributed by atoms with E-state index in [9.17, 15) is 4.79 Å². The normalized spacial score (nSPS) is 35.3. The van der Waals surface area contributed by atoms with Gasteiger partial charge in [-0.1, -0.05) is 0 Å². The number of likely N-dealkylation sites (tertiary alicyclic amines) is 1. The van der Waals surface area contributed by atoms with E-state index in [1.807, 2.05) is 0 Å². The lowest BCUT2D eigenvalue weighted by Crippen LogP contribution is -2.42. The summed E-state index contributed by atoms with van der Waals surface area (Å²) in [7, 11) is 3.47. The van der Waals surface area contributed by atoms with Crippen LogP contribution in [0.1, 0.15) is 19.3 Å². The number of hydrogen-bond donors (Lipinski definition) is 2. The fourth-order valence-corrected chi connectivity index (χ4v) is 3.88. The fourth-order valence-electron chi connectivity index (χ4n) is 3.88. The van der Waals surface area contributed by atoms with Crippen LogP contribution in [-0.2, 0) is 9.53 Å². The lowest BCUT2D eigenvalue weighted by Gasteiger charge is -2.23. The van der Waals surface area contributed by atoms with Crippen molar-refractivity contribution in [3.8, 4) is 0 Å². The second kappa shape index (κ2) is 5.60. The maximum absolute atomic E-state index is 11.2. The van der Waals surface area contributed by atoms with Crippen LogP contribution >= 0.6 is 0 Å². The molecule has 0 aromatic heterocycles. The number of hydrogen-bond acceptors (Lipinski definition) is 3. The lowest BCUT2D eigenvalue weighted by atomic mass is 9.82. The molecule has 3 fully saturated rings. The number of amides is 1. The quantitative estimate of drug-likeness (QED) is 0.555. The van der Waals surface area contributed by atoms with Gasteiger partial charge in [-0.3, -0.25) is 9.79 Å². The summed E-state index contributed by atoms with van der Waals surface area (Å²) in [5, 5.41) is 5.92. The van der Waals surface area contributed by atoms with Gasteiger partial charge in [0.05, 0.1) is 12.2 Å². The van der Waals surface area contributed by atoms with Crippen molar-refractivity contribution < 1.29 is 9.53 Å². The lowest BCUT2D eigenvalue weighted by molar-refractivity contribution is -0.120. The van der Waals surface area contributed by atoms with E-state index in [2.05, 4.69) is 20.5 Å². The van der Waals surface area contributed by atoms with Crippen molar-refractivity contribution >= 4 is 11.9 Å². The topological polar surface area (TPSA) is 66.0 Å². The Labute approximate surface area is 119 Å². The highest BCUT2D eigenvalue weighted by molar-refractivity contribution is 5.81. The molecular formula is C14H24N4O2. The molecular weight excluding hydrogens is 256 g/mol. The Hall–Kier alpha value is -1.30. The molecule has 3 heterocycles. The van der Waals surface area contributed by atoms with Gasteiger partial charge in [-0.05, 0) is 12.8 Å². The Kier molecular flexibility index (Phi) is 3.83. The highest BCUT2D eigenvalue weighted by Gasteiger charge is 2.53. The third-order valence-corrected chi connectivity index (χ3v) is 4.88. The summed E-state index contributed by atoms with van der Waals surface area (Å²) >= 11 is 0. The van der Waals surface area contributed by atoms with Crippen molar-refractivity contribution in [3.05, 3.63) is 0 Å². The van der Waals surface area contributed by atoms with Gasteiger partial charge >= 0.3 is 0 Å². The molecule has 3 aliphatic heterocycles. The molecule has 20 heavy (non-hydrogen) atoms. The zero-order valence-corrected chi connectivity index (χ0v) is 12.3. The largest absolute Gasteiger partial charge is 0.374 e. The van der Waals surface area contributed by atoms with Gasteiger partial charge in [0.2, 0.25) is 5.91 Å². The minimum absolute atomic E-state index is 0.0534. The molecule has 4 unspecified atom stereocenters. The molecule has 0 radical (unpaired) electrons. The molecule has 0 aliphatic carbocycles. The van der Waals surface area contributed by atoms with Crippen LogP contribution in [0.25, 0.3) is 0 Å². The van der Waals surface area contributed by atoms with Gasteiger partial charge in [0, 0.05) is 52.0 Å². The van der Waals surface area contributed by atoms with Gasteiger partial charge in [-0.25, -0.2) is 0 Å². The van der Waals surface area contributed by atoms with Crippen molar-refractivity contribution in [2.45, 2.75) is 31.5 Å². The molecule has 3 saturated heterocycles. The van der Waals surface area contributed by atoms with E-state index in [4.69, 9.17) is 4.74 Å². The molecule has 6 nitrogen and oxygen atoms in total. The standard InChI is InChI=1S/C14H24N4O2/c1-15-13(19)5-6-17-14(16-2)18-7-9-10(8-18)12-4-3-11(9)20-12/h9-12H,3-8H2,1-2H3,(H,15,19)(H,16,17). The summed E-state index contributed by atoms with van der Waals surface area (Å²) in [4.78, 5) is 17.9. The number of ether oxygens (including phenoxy) is 1. The summed E-state index contributed by atoms with van der Waals surface area (Å²) in [6.45, 7) is 2.69. The van der Waals surface area contributed by atoms with Crippen molar-refractivity contribution in [1.29, 1.82) is 0 Å². The number of rotatable bonds is 3. The SMILES string of the molecule is CN=C(NCCC(=O)NC)N1CC2C3CCC(O3)C2C1. The predicted molar refractivity (Wildman–Crippen MR) is 76.5 cm³/mol. The third kappa shape index (κ3) is 2.37. The Morgan fingerprint density at radius 1 is 1.30 bits per heavy atom. The zero-order chi connectivity index (χ0) is 14.1. The number of nitrogens with one attached hydrogen (secondary N) is 2. The minimum atomic E-state index is 0.0534. The molecule has 3 aliphatic rings. The van der Waals surface area contributed by atoms with Gasteiger partial charge in [-0.15, -0.1) is 0 Å². The average Bonchev–Trinajstić information content (AvgIpc) is 3.14. The molecule has 112 valence electrons. The maximum atomic E-state index is 11.2. The van der Waals surface area contributed by atoms with Gasteiger partial charge in [-0.2, -0.15) is 0 Å². The van der Waals surface area contributed by atoms with Crippen LogP contribution in [0.4, 0.5) is 0 Å². The second-order valence-electron chi connectivity index (χ2n) is 5.92. The molecule has 0 aromatic rings. The van der Waals surface area contributed by atoms with E-state index in [1.54, 1.807) is 14.1 Å². The molecule has 3 rings (SSSR count). The first-order chi connectivity index (χ1) is 9.72. The van der Waals surface area contributed by atoms with Crippen LogP contribution in [0.5, 0.6) is 0 Å². The third-order valence-electron chi connectivity index (χ3n) is 4.88. The molecule has 0 spiro atoms. The van der Waals surface area contributed by atoms with E-state index in [-0.39, 0.29) is 5.91 Å². The summed E-state index contributed by atoms with van der Waals surface area (Å²) in [6, 6.07) is 0. The maximum Gasteiger partial charge on any atom is 0.221 e. The molecule has 2 bridgehead atoms. The van der Waals surface area contributed by atoms with Crippen molar-refractivity contribution in [2.24, 2.45) is 16.8 Å². The van der Waals surface area contributed by atoms with Crippen LogP contribution < -0.4 is 10.6 Å². The first-order valence-electron chi connectivity index (χ1n) is 7.54. The van der Waals surface area contributed by atoms with Gasteiger partial charge in [0.1, 0.15) is 0 Å². The van der Waals surface area contributed by atoms with E-state index < -0.39 is 0 Å². The van der Waals surface area contributed by atoms with Crippen molar-refractivity contribution in [2.75, 3.05) is 33.7 Å². The van der Waals surface area contributed by atoms with Crippen LogP contribution in [0, 0.1) is 11.8 Å². The first-order valence-corrected chi connectivity index (χ1v) is 7.54. The van der Waals surface area contributed by atoms with Crippen molar-refractivity contribution in [1.82, 2.24) is 15.5 Å². The number of aliphatic imine (C=N–C) groups is 1. The Morgan fingerprint density at radius 2 is 1.95 bits per heavy atom. The van der Waals surface area contributed by atoms with Gasteiger partial charge < -0.3 is 20.3 Å². The average molecular weight is 280 g/mol. The summed E-state index contributed by atoms with van der Waals surface area (Å²) in [5.74, 6) is 2.32. The van der Waals surface area contributed by atoms with Crippen LogP contribution in [0.2, 0.25) is 0 Å². The van der Waals surface area contributed by atoms with Crippen LogP contribution in [0.3, 0.4) is 0 Å². The molecule has 6 heteroatoms. The molecule has 0 aromatic carbocycles. The summed E-state index contributed by atoms with van der Waals surface area (Å²) in [5.41, 5.74) is 0. The fraction of sp³-hybridized carbons (Fsp3) is 0.857. The highest BCUT2D eigenvalue weighted by atomic mass is 16.5. The van der Waals surface area contributed by atoms with E-state index >= 15 is 0 Å². The Bertz CT molecular complexity index is 394. The second-order valence-corrected chi connectivity index (χ2v) is 5.92. The van der Waals surface area contributed by atoms with Gasteiger partial charge in [0.25, 0.3) is 0 Å². The predicted octanol–water partition coefficient (Wildman–Crippen LogP) is -0.193. The van der Waals surface area contributed by atoms with E-state index in [0.717, 1.165) is 19.0 Å². The van der Waals surface area contributed by atoms with E-state index in [1.165, 1.54) is 12.8 Å². The summed E-state index contributed by atoms with van der Waals surface area (Å²) < 4.78 is 5.99. The Morgan fingerprint density at radius 3 is 2.50 bits per heavy atom. The minimum Gasteiger partial charge on any atom is -0.374 e. The highest BCUT2D eigenvalue weighted by Crippen LogP contribution is 2.47. The Balaban J connectivity index is 1.52. The summed E-state index contributed by atoms with van der Waals surface area (Å²) in [6.07, 6.45) is 3.87. The van der Waals surface area contributed by atoms with Crippen LogP contribution in [-0.4, -0.2) is 62.7 Å². The van der Waals surface area contributed by atoms with E-state index in [0.29, 0.717) is 37.0 Å². The molecule has 0 saturated carbocycles. The first kappa shape index (κ1) is 13.7. The zero-order valence-electron chi connectivity index (χ0n) is 12.3. The molecule has 1 amide bonds. The van der Waals surface area contributed by atoms with Gasteiger partial charge in [0.15, 0.2) is 5.96 Å². The number of guanidine groups is 1. The molecule has 2 N–H and O–H groups in total. The van der Waals surface area contributed by atoms with Crippen LogP contribution in [0.15, 0.2) is 4.99 Å². The number of fused-ring (bicyclic) bond motifs is 5.